The predicted molar refractivity (Wildman–Crippen MR) is 140 cm³/mol. The molecule has 1 atom stereocenters. The fourth-order valence-electron chi connectivity index (χ4n) is 3.11. The van der Waals surface area contributed by atoms with Crippen molar-refractivity contribution in [1.82, 2.24) is 15.2 Å². The van der Waals surface area contributed by atoms with Crippen LogP contribution >= 0.6 is 11.3 Å². The van der Waals surface area contributed by atoms with Gasteiger partial charge in [-0.25, -0.2) is 9.78 Å². The van der Waals surface area contributed by atoms with Crippen molar-refractivity contribution < 1.29 is 33.0 Å². The van der Waals surface area contributed by atoms with E-state index in [9.17, 15) is 14.4 Å². The molecule has 0 bridgehead atoms. The molecule has 2 amide bonds. The van der Waals surface area contributed by atoms with E-state index in [0.29, 0.717) is 44.5 Å². The van der Waals surface area contributed by atoms with Crippen LogP contribution in [0.3, 0.4) is 0 Å². The molecule has 13 heteroatoms. The van der Waals surface area contributed by atoms with Gasteiger partial charge in [0, 0.05) is 38.7 Å². The first-order valence-corrected chi connectivity index (χ1v) is 15.8. The molecule has 0 radical (unpaired) electrons. The van der Waals surface area contributed by atoms with Crippen LogP contribution in [0.5, 0.6) is 0 Å². The van der Waals surface area contributed by atoms with E-state index in [1.807, 2.05) is 4.90 Å². The number of aromatic nitrogens is 1. The molecule has 1 aromatic rings. The SMILES string of the molecule is COCCOCC(=O)N1CCN(c2nc(C(=O)N[C@@H](CO[Si](C)(C)C(C)(C)C)C(=O)OC)cs2)CC1. The van der Waals surface area contributed by atoms with Gasteiger partial charge in [0.25, 0.3) is 5.91 Å². The summed E-state index contributed by atoms with van der Waals surface area (Å²) in [4.78, 5) is 45.7. The van der Waals surface area contributed by atoms with Crippen LogP contribution in [-0.2, 0) is 28.2 Å². The normalized spacial score (nSPS) is 15.5. The van der Waals surface area contributed by atoms with Crippen LogP contribution < -0.4 is 10.2 Å². The number of nitrogens with one attached hydrogen (secondary N) is 1. The number of anilines is 1. The van der Waals surface area contributed by atoms with E-state index in [-0.39, 0.29) is 29.9 Å². The first kappa shape index (κ1) is 30.2. The number of carbonyl (C=O) groups is 3. The highest BCUT2D eigenvalue weighted by Gasteiger charge is 2.38. The predicted octanol–water partition coefficient (Wildman–Crippen LogP) is 1.75. The summed E-state index contributed by atoms with van der Waals surface area (Å²) in [5.74, 6) is -1.09. The van der Waals surface area contributed by atoms with Crippen molar-refractivity contribution in [2.24, 2.45) is 0 Å². The van der Waals surface area contributed by atoms with E-state index in [4.69, 9.17) is 18.6 Å². The maximum absolute atomic E-state index is 12.9. The number of hydrogen-bond donors (Lipinski definition) is 1. The van der Waals surface area contributed by atoms with E-state index in [0.717, 1.165) is 0 Å². The Morgan fingerprint density at radius 1 is 1.14 bits per heavy atom. The minimum atomic E-state index is -2.12. The lowest BCUT2D eigenvalue weighted by Gasteiger charge is -2.37. The molecule has 1 aliphatic rings. The van der Waals surface area contributed by atoms with E-state index < -0.39 is 26.2 Å². The molecule has 11 nitrogen and oxygen atoms in total. The molecule has 2 heterocycles. The van der Waals surface area contributed by atoms with Crippen molar-refractivity contribution in [2.75, 3.05) is 71.7 Å². The number of piperazine rings is 1. The highest BCUT2D eigenvalue weighted by atomic mass is 32.1. The molecule has 2 rings (SSSR count). The Hall–Kier alpha value is -2.06. The van der Waals surface area contributed by atoms with Crippen LogP contribution in [0.15, 0.2) is 5.38 Å². The number of esters is 1. The number of thiazole rings is 1. The van der Waals surface area contributed by atoms with Crippen molar-refractivity contribution in [2.45, 2.75) is 44.9 Å². The van der Waals surface area contributed by atoms with E-state index in [1.165, 1.54) is 18.4 Å². The quantitative estimate of drug-likeness (QED) is 0.238. The lowest BCUT2D eigenvalue weighted by atomic mass is 10.2. The Bertz CT molecular complexity index is 882. The molecule has 0 aliphatic carbocycles. The molecule has 1 fully saturated rings. The maximum Gasteiger partial charge on any atom is 0.330 e. The summed E-state index contributed by atoms with van der Waals surface area (Å²) in [6, 6.07) is -0.928. The molecule has 0 aromatic carbocycles. The van der Waals surface area contributed by atoms with Crippen LogP contribution in [0.2, 0.25) is 18.1 Å². The standard InChI is InChI=1S/C23H40N4O7SSi/c1-23(2,3)36(6,7)34-14-17(21(30)32-5)24-20(29)18-16-35-22(25-18)27-10-8-26(9-11-27)19(28)15-33-13-12-31-4/h16-17H,8-15H2,1-7H3,(H,24,29)/t17-/m0/s1. The smallest absolute Gasteiger partial charge is 0.330 e. The Labute approximate surface area is 218 Å². The summed E-state index contributed by atoms with van der Waals surface area (Å²) in [6.07, 6.45) is 0. The zero-order chi connectivity index (χ0) is 26.9. The van der Waals surface area contributed by atoms with Crippen LogP contribution in [0.25, 0.3) is 0 Å². The highest BCUT2D eigenvalue weighted by Crippen LogP contribution is 2.36. The number of ether oxygens (including phenoxy) is 3. The summed E-state index contributed by atoms with van der Waals surface area (Å²) in [7, 11) is 0.745. The zero-order valence-electron chi connectivity index (χ0n) is 22.4. The van der Waals surface area contributed by atoms with Gasteiger partial charge in [-0.1, -0.05) is 20.8 Å². The number of rotatable bonds is 12. The minimum absolute atomic E-state index is 0.0332. The average Bonchev–Trinajstić information content (AvgIpc) is 3.33. The summed E-state index contributed by atoms with van der Waals surface area (Å²) in [5.41, 5.74) is 0.223. The summed E-state index contributed by atoms with van der Waals surface area (Å²) < 4.78 is 21.2. The fraction of sp³-hybridized carbons (Fsp3) is 0.739. The molecule has 1 aromatic heterocycles. The summed E-state index contributed by atoms with van der Waals surface area (Å²) in [5, 5.41) is 5.03. The molecule has 1 saturated heterocycles. The van der Waals surface area contributed by atoms with Crippen molar-refractivity contribution in [3.8, 4) is 0 Å². The van der Waals surface area contributed by atoms with Gasteiger partial charge in [0.05, 0.1) is 26.9 Å². The van der Waals surface area contributed by atoms with Gasteiger partial charge in [0.2, 0.25) is 5.91 Å². The van der Waals surface area contributed by atoms with Crippen LogP contribution in [0, 0.1) is 0 Å². The van der Waals surface area contributed by atoms with Gasteiger partial charge in [-0.2, -0.15) is 0 Å². The molecular weight excluding hydrogens is 504 g/mol. The van der Waals surface area contributed by atoms with Crippen molar-refractivity contribution in [3.05, 3.63) is 11.1 Å². The van der Waals surface area contributed by atoms with Crippen molar-refractivity contribution >= 4 is 42.6 Å². The first-order valence-electron chi connectivity index (χ1n) is 12.0. The Morgan fingerprint density at radius 2 is 1.81 bits per heavy atom. The second-order valence-corrected chi connectivity index (χ2v) is 15.7. The lowest BCUT2D eigenvalue weighted by Crippen LogP contribution is -2.50. The molecule has 204 valence electrons. The topological polar surface area (TPSA) is 120 Å². The number of hydrogen-bond acceptors (Lipinski definition) is 10. The van der Waals surface area contributed by atoms with Crippen molar-refractivity contribution in [1.29, 1.82) is 0 Å². The first-order chi connectivity index (χ1) is 16.9. The summed E-state index contributed by atoms with van der Waals surface area (Å²) >= 11 is 1.35. The van der Waals surface area contributed by atoms with Crippen molar-refractivity contribution in [3.63, 3.8) is 0 Å². The second-order valence-electron chi connectivity index (χ2n) is 10.0. The van der Waals surface area contributed by atoms with Gasteiger partial charge in [0.1, 0.15) is 18.3 Å². The van der Waals surface area contributed by atoms with Crippen LogP contribution in [-0.4, -0.2) is 109 Å². The van der Waals surface area contributed by atoms with Crippen LogP contribution in [0.1, 0.15) is 31.3 Å². The van der Waals surface area contributed by atoms with Gasteiger partial charge in [-0.3, -0.25) is 9.59 Å². The third-order valence-electron chi connectivity index (χ3n) is 6.49. The third-order valence-corrected chi connectivity index (χ3v) is 11.9. The Kier molecular flexibility index (Phi) is 11.3. The minimum Gasteiger partial charge on any atom is -0.467 e. The Morgan fingerprint density at radius 3 is 2.39 bits per heavy atom. The molecular formula is C23H40N4O7SSi. The third kappa shape index (κ3) is 8.51. The molecule has 0 spiro atoms. The van der Waals surface area contributed by atoms with Gasteiger partial charge < -0.3 is 33.8 Å². The Balaban J connectivity index is 1.91. The summed E-state index contributed by atoms with van der Waals surface area (Å²) in [6.45, 7) is 13.7. The monoisotopic (exact) mass is 544 g/mol. The average molecular weight is 545 g/mol. The van der Waals surface area contributed by atoms with E-state index in [2.05, 4.69) is 44.2 Å². The van der Waals surface area contributed by atoms with Gasteiger partial charge in [0.15, 0.2) is 13.4 Å². The maximum atomic E-state index is 12.9. The van der Waals surface area contributed by atoms with Crippen LogP contribution in [0.4, 0.5) is 5.13 Å². The van der Waals surface area contributed by atoms with E-state index >= 15 is 0 Å². The van der Waals surface area contributed by atoms with E-state index in [1.54, 1.807) is 17.4 Å². The number of carbonyl (C=O) groups excluding carboxylic acids is 3. The van der Waals surface area contributed by atoms with Gasteiger partial charge in [-0.05, 0) is 18.1 Å². The lowest BCUT2D eigenvalue weighted by molar-refractivity contribution is -0.143. The molecule has 36 heavy (non-hydrogen) atoms. The number of methoxy groups -OCH3 is 2. The zero-order valence-corrected chi connectivity index (χ0v) is 24.2. The molecule has 0 saturated carbocycles. The van der Waals surface area contributed by atoms with Gasteiger partial charge in [-0.15, -0.1) is 11.3 Å². The number of nitrogens with zero attached hydrogens (tertiary/aromatic N) is 3. The van der Waals surface area contributed by atoms with Gasteiger partial charge >= 0.3 is 5.97 Å². The molecule has 1 aliphatic heterocycles. The fourth-order valence-corrected chi connectivity index (χ4v) is 4.98. The molecule has 1 N–H and O–H groups in total. The highest BCUT2D eigenvalue weighted by molar-refractivity contribution is 7.13. The largest absolute Gasteiger partial charge is 0.467 e. The number of amides is 2. The molecule has 0 unspecified atom stereocenters. The second kappa shape index (κ2) is 13.5.